The minimum Gasteiger partial charge on any atom is -0.493 e. The summed E-state index contributed by atoms with van der Waals surface area (Å²) in [7, 11) is 3.11. The summed E-state index contributed by atoms with van der Waals surface area (Å²) in [6.07, 6.45) is 0.690. The molecule has 0 saturated heterocycles. The van der Waals surface area contributed by atoms with Crippen LogP contribution < -0.4 is 14.8 Å². The van der Waals surface area contributed by atoms with E-state index >= 15 is 0 Å². The van der Waals surface area contributed by atoms with Gasteiger partial charge < -0.3 is 14.8 Å². The molecule has 7 nitrogen and oxygen atoms in total. The molecule has 2 N–H and O–H groups in total. The first-order chi connectivity index (χ1) is 10.1. The highest BCUT2D eigenvalue weighted by Crippen LogP contribution is 2.32. The van der Waals surface area contributed by atoms with Crippen molar-refractivity contribution in [2.24, 2.45) is 0 Å². The maximum absolute atomic E-state index is 12.1. The minimum atomic E-state index is -0.374. The minimum absolute atomic E-state index is 0.112. The number of amides is 1. The summed E-state index contributed by atoms with van der Waals surface area (Å²) >= 11 is 0. The van der Waals surface area contributed by atoms with Gasteiger partial charge in [0.2, 0.25) is 5.82 Å². The Morgan fingerprint density at radius 3 is 2.52 bits per heavy atom. The van der Waals surface area contributed by atoms with Gasteiger partial charge in [0.1, 0.15) is 5.82 Å². The highest BCUT2D eigenvalue weighted by molar-refractivity contribution is 6.02. The van der Waals surface area contributed by atoms with E-state index in [2.05, 4.69) is 20.5 Å². The number of aromatic amines is 1. The number of methoxy groups -OCH3 is 2. The molecule has 0 aliphatic heterocycles. The molecule has 1 amide bonds. The lowest BCUT2D eigenvalue weighted by atomic mass is 10.1. The molecule has 21 heavy (non-hydrogen) atoms. The summed E-state index contributed by atoms with van der Waals surface area (Å²) in [5, 5.41) is 9.37. The molecular formula is C14H18N4O3. The highest BCUT2D eigenvalue weighted by Gasteiger charge is 2.15. The van der Waals surface area contributed by atoms with Crippen LogP contribution in [0.3, 0.4) is 0 Å². The van der Waals surface area contributed by atoms with Crippen molar-refractivity contribution in [2.45, 2.75) is 20.3 Å². The van der Waals surface area contributed by atoms with E-state index in [-0.39, 0.29) is 11.7 Å². The van der Waals surface area contributed by atoms with Crippen molar-refractivity contribution in [1.82, 2.24) is 15.2 Å². The van der Waals surface area contributed by atoms with Crippen LogP contribution in [0, 0.1) is 6.92 Å². The zero-order chi connectivity index (χ0) is 15.4. The van der Waals surface area contributed by atoms with Gasteiger partial charge in [0.15, 0.2) is 11.5 Å². The van der Waals surface area contributed by atoms with Crippen LogP contribution in [-0.4, -0.2) is 35.3 Å². The fraction of sp³-hybridized carbons (Fsp3) is 0.357. The van der Waals surface area contributed by atoms with E-state index in [1.807, 2.05) is 13.8 Å². The molecule has 7 heteroatoms. The molecule has 0 bridgehead atoms. The number of hydrogen-bond donors (Lipinski definition) is 2. The van der Waals surface area contributed by atoms with E-state index in [0.717, 1.165) is 5.56 Å². The molecule has 1 aromatic heterocycles. The van der Waals surface area contributed by atoms with Gasteiger partial charge in [0, 0.05) is 18.2 Å². The standard InChI is InChI=1S/C14H18N4O3/c1-5-12-16-13(18-17-12)14(19)15-9-7-11(21-4)10(20-3)6-8(9)2/h6-7H,5H2,1-4H3,(H,15,19)(H,16,17,18). The second kappa shape index (κ2) is 6.25. The van der Waals surface area contributed by atoms with Crippen LogP contribution in [0.4, 0.5) is 5.69 Å². The molecular weight excluding hydrogens is 272 g/mol. The Bertz CT molecular complexity index is 652. The molecule has 0 unspecified atom stereocenters. The van der Waals surface area contributed by atoms with Gasteiger partial charge >= 0.3 is 0 Å². The lowest BCUT2D eigenvalue weighted by molar-refractivity contribution is 0.101. The highest BCUT2D eigenvalue weighted by atomic mass is 16.5. The Labute approximate surface area is 122 Å². The maximum atomic E-state index is 12.1. The number of nitrogens with zero attached hydrogens (tertiary/aromatic N) is 2. The maximum Gasteiger partial charge on any atom is 0.295 e. The van der Waals surface area contributed by atoms with E-state index in [9.17, 15) is 4.79 Å². The Kier molecular flexibility index (Phi) is 4.42. The number of carbonyl (C=O) groups is 1. The SMILES string of the molecule is CCc1nc(C(=O)Nc2cc(OC)c(OC)cc2C)n[nH]1. The first kappa shape index (κ1) is 14.8. The normalized spacial score (nSPS) is 10.3. The number of aryl methyl sites for hydroxylation is 2. The largest absolute Gasteiger partial charge is 0.493 e. The zero-order valence-corrected chi connectivity index (χ0v) is 12.5. The number of benzene rings is 1. The van der Waals surface area contributed by atoms with Crippen molar-refractivity contribution in [2.75, 3.05) is 19.5 Å². The number of carbonyl (C=O) groups excluding carboxylic acids is 1. The lowest BCUT2D eigenvalue weighted by Gasteiger charge is -2.12. The Morgan fingerprint density at radius 2 is 1.95 bits per heavy atom. The third-order valence-electron chi connectivity index (χ3n) is 3.05. The fourth-order valence-electron chi connectivity index (χ4n) is 1.85. The summed E-state index contributed by atoms with van der Waals surface area (Å²) < 4.78 is 10.4. The van der Waals surface area contributed by atoms with Crippen LogP contribution in [0.25, 0.3) is 0 Å². The number of H-pyrrole nitrogens is 1. The van der Waals surface area contributed by atoms with Gasteiger partial charge in [0.25, 0.3) is 5.91 Å². The monoisotopic (exact) mass is 290 g/mol. The molecule has 0 spiro atoms. The van der Waals surface area contributed by atoms with Gasteiger partial charge in [-0.2, -0.15) is 0 Å². The molecule has 0 atom stereocenters. The molecule has 1 heterocycles. The summed E-state index contributed by atoms with van der Waals surface area (Å²) in [5.41, 5.74) is 1.48. The van der Waals surface area contributed by atoms with Crippen LogP contribution in [0.2, 0.25) is 0 Å². The van der Waals surface area contributed by atoms with Crippen LogP contribution in [0.15, 0.2) is 12.1 Å². The molecule has 1 aromatic carbocycles. The number of anilines is 1. The van der Waals surface area contributed by atoms with Gasteiger partial charge in [0.05, 0.1) is 14.2 Å². The van der Waals surface area contributed by atoms with Crippen LogP contribution in [0.1, 0.15) is 28.9 Å². The zero-order valence-electron chi connectivity index (χ0n) is 12.5. The Balaban J connectivity index is 2.24. The fourth-order valence-corrected chi connectivity index (χ4v) is 1.85. The quantitative estimate of drug-likeness (QED) is 0.878. The predicted octanol–water partition coefficient (Wildman–Crippen LogP) is 1.95. The van der Waals surface area contributed by atoms with Crippen molar-refractivity contribution in [1.29, 1.82) is 0 Å². The molecule has 0 aliphatic carbocycles. The first-order valence-corrected chi connectivity index (χ1v) is 6.54. The number of aromatic nitrogens is 3. The van der Waals surface area contributed by atoms with Crippen LogP contribution in [0.5, 0.6) is 11.5 Å². The van der Waals surface area contributed by atoms with Crippen molar-refractivity contribution in [3.8, 4) is 11.5 Å². The molecule has 0 saturated carbocycles. The Hall–Kier alpha value is -2.57. The first-order valence-electron chi connectivity index (χ1n) is 6.54. The Morgan fingerprint density at radius 1 is 1.29 bits per heavy atom. The van der Waals surface area contributed by atoms with Crippen molar-refractivity contribution in [3.63, 3.8) is 0 Å². The average molecular weight is 290 g/mol. The third-order valence-corrected chi connectivity index (χ3v) is 3.05. The lowest BCUT2D eigenvalue weighted by Crippen LogP contribution is -2.15. The number of ether oxygens (including phenoxy) is 2. The smallest absolute Gasteiger partial charge is 0.295 e. The predicted molar refractivity (Wildman–Crippen MR) is 78.0 cm³/mol. The van der Waals surface area contributed by atoms with Crippen molar-refractivity contribution < 1.29 is 14.3 Å². The van der Waals surface area contributed by atoms with Crippen molar-refractivity contribution >= 4 is 11.6 Å². The van der Waals surface area contributed by atoms with E-state index < -0.39 is 0 Å². The topological polar surface area (TPSA) is 89.1 Å². The summed E-state index contributed by atoms with van der Waals surface area (Å²) in [5.74, 6) is 1.56. The molecule has 0 aliphatic rings. The van der Waals surface area contributed by atoms with Gasteiger partial charge in [-0.25, -0.2) is 4.98 Å². The summed E-state index contributed by atoms with van der Waals surface area (Å²) in [6.45, 7) is 3.80. The second-order valence-corrected chi connectivity index (χ2v) is 4.44. The van der Waals surface area contributed by atoms with Gasteiger partial charge in [-0.05, 0) is 18.6 Å². The average Bonchev–Trinajstić information content (AvgIpc) is 2.97. The van der Waals surface area contributed by atoms with E-state index in [1.54, 1.807) is 26.4 Å². The number of hydrogen-bond acceptors (Lipinski definition) is 5. The summed E-state index contributed by atoms with van der Waals surface area (Å²) in [4.78, 5) is 16.2. The molecule has 0 radical (unpaired) electrons. The van der Waals surface area contributed by atoms with Crippen molar-refractivity contribution in [3.05, 3.63) is 29.3 Å². The van der Waals surface area contributed by atoms with Gasteiger partial charge in [-0.3, -0.25) is 9.89 Å². The third kappa shape index (κ3) is 3.13. The summed E-state index contributed by atoms with van der Waals surface area (Å²) in [6, 6.07) is 3.50. The second-order valence-electron chi connectivity index (χ2n) is 4.44. The van der Waals surface area contributed by atoms with Gasteiger partial charge in [-0.15, -0.1) is 5.10 Å². The molecule has 2 aromatic rings. The molecule has 0 fully saturated rings. The number of nitrogens with one attached hydrogen (secondary N) is 2. The van der Waals surface area contributed by atoms with E-state index in [1.165, 1.54) is 0 Å². The van der Waals surface area contributed by atoms with Crippen LogP contribution in [-0.2, 0) is 6.42 Å². The molecule has 2 rings (SSSR count). The van der Waals surface area contributed by atoms with Gasteiger partial charge in [-0.1, -0.05) is 6.92 Å². The van der Waals surface area contributed by atoms with E-state index in [0.29, 0.717) is 29.4 Å². The van der Waals surface area contributed by atoms with Crippen LogP contribution >= 0.6 is 0 Å². The van der Waals surface area contributed by atoms with E-state index in [4.69, 9.17) is 9.47 Å². The number of rotatable bonds is 5. The molecule has 112 valence electrons.